The maximum atomic E-state index is 11.6. The van der Waals surface area contributed by atoms with E-state index in [0.717, 1.165) is 31.6 Å². The molecule has 16 heavy (non-hydrogen) atoms. The molecule has 1 atom stereocenters. The number of hydrogen-bond donors (Lipinski definition) is 1. The van der Waals surface area contributed by atoms with E-state index in [4.69, 9.17) is 4.74 Å². The van der Waals surface area contributed by atoms with Crippen molar-refractivity contribution in [3.63, 3.8) is 0 Å². The topological polar surface area (TPSA) is 38.3 Å². The molecule has 86 valence electrons. The summed E-state index contributed by atoms with van der Waals surface area (Å²) >= 11 is 0. The van der Waals surface area contributed by atoms with E-state index in [0.29, 0.717) is 12.5 Å². The molecule has 3 nitrogen and oxygen atoms in total. The molecular formula is C13H17NO2. The van der Waals surface area contributed by atoms with Crippen molar-refractivity contribution >= 4 is 11.6 Å². The van der Waals surface area contributed by atoms with Crippen LogP contribution < -0.4 is 5.32 Å². The molecule has 0 aromatic heterocycles. The lowest BCUT2D eigenvalue weighted by molar-refractivity contribution is -0.116. The number of anilines is 1. The van der Waals surface area contributed by atoms with Crippen LogP contribution in [0.4, 0.5) is 5.69 Å². The monoisotopic (exact) mass is 219 g/mol. The fraction of sp³-hybridized carbons (Fsp3) is 0.462. The van der Waals surface area contributed by atoms with Crippen LogP contribution in [0.15, 0.2) is 30.3 Å². The molecule has 1 aromatic carbocycles. The summed E-state index contributed by atoms with van der Waals surface area (Å²) in [6, 6.07) is 9.54. The normalized spacial score (nSPS) is 19.6. The Morgan fingerprint density at radius 3 is 2.88 bits per heavy atom. The fourth-order valence-corrected chi connectivity index (χ4v) is 1.91. The molecule has 1 fully saturated rings. The first-order valence-corrected chi connectivity index (χ1v) is 5.81. The Balaban J connectivity index is 1.72. The third-order valence-electron chi connectivity index (χ3n) is 2.77. The standard InChI is InChI=1S/C13H17NO2/c15-13(9-8-12-7-4-10-16-12)14-11-5-2-1-3-6-11/h1-3,5-6,12H,4,7-10H2,(H,14,15). The van der Waals surface area contributed by atoms with E-state index in [2.05, 4.69) is 5.32 Å². The number of nitrogens with one attached hydrogen (secondary N) is 1. The van der Waals surface area contributed by atoms with Gasteiger partial charge in [0.25, 0.3) is 0 Å². The zero-order valence-corrected chi connectivity index (χ0v) is 9.32. The van der Waals surface area contributed by atoms with Gasteiger partial charge in [0, 0.05) is 18.7 Å². The number of benzene rings is 1. The molecule has 1 N–H and O–H groups in total. The molecule has 0 bridgehead atoms. The van der Waals surface area contributed by atoms with E-state index in [-0.39, 0.29) is 5.91 Å². The van der Waals surface area contributed by atoms with Gasteiger partial charge in [-0.25, -0.2) is 0 Å². The second-order valence-electron chi connectivity index (χ2n) is 4.09. The summed E-state index contributed by atoms with van der Waals surface area (Å²) in [5, 5.41) is 2.87. The zero-order valence-electron chi connectivity index (χ0n) is 9.32. The van der Waals surface area contributed by atoms with Gasteiger partial charge >= 0.3 is 0 Å². The van der Waals surface area contributed by atoms with Crippen molar-refractivity contribution in [2.45, 2.75) is 31.8 Å². The molecule has 1 heterocycles. The van der Waals surface area contributed by atoms with Crippen LogP contribution >= 0.6 is 0 Å². The summed E-state index contributed by atoms with van der Waals surface area (Å²) in [5.74, 6) is 0.0710. The number of rotatable bonds is 4. The van der Waals surface area contributed by atoms with Gasteiger partial charge in [-0.2, -0.15) is 0 Å². The number of carbonyl (C=O) groups is 1. The lowest BCUT2D eigenvalue weighted by atomic mass is 10.1. The van der Waals surface area contributed by atoms with E-state index in [1.54, 1.807) is 0 Å². The first-order chi connectivity index (χ1) is 7.84. The van der Waals surface area contributed by atoms with Crippen LogP contribution in [0.5, 0.6) is 0 Å². The second-order valence-corrected chi connectivity index (χ2v) is 4.09. The molecule has 0 saturated carbocycles. The molecule has 1 aliphatic heterocycles. The van der Waals surface area contributed by atoms with Gasteiger partial charge in [-0.15, -0.1) is 0 Å². The highest BCUT2D eigenvalue weighted by Crippen LogP contribution is 2.17. The van der Waals surface area contributed by atoms with E-state index in [1.165, 1.54) is 0 Å². The van der Waals surface area contributed by atoms with Gasteiger partial charge in [-0.3, -0.25) is 4.79 Å². The van der Waals surface area contributed by atoms with Crippen LogP contribution in [0, 0.1) is 0 Å². The van der Waals surface area contributed by atoms with Gasteiger partial charge in [0.1, 0.15) is 0 Å². The van der Waals surface area contributed by atoms with Crippen molar-refractivity contribution < 1.29 is 9.53 Å². The SMILES string of the molecule is O=C(CCC1CCCO1)Nc1ccccc1. The number of hydrogen-bond acceptors (Lipinski definition) is 2. The first kappa shape index (κ1) is 11.1. The van der Waals surface area contributed by atoms with Gasteiger partial charge in [0.05, 0.1) is 6.10 Å². The summed E-state index contributed by atoms with van der Waals surface area (Å²) in [6.45, 7) is 0.852. The van der Waals surface area contributed by atoms with Crippen molar-refractivity contribution in [3.05, 3.63) is 30.3 Å². The second kappa shape index (κ2) is 5.66. The summed E-state index contributed by atoms with van der Waals surface area (Å²) < 4.78 is 5.47. The highest BCUT2D eigenvalue weighted by Gasteiger charge is 2.16. The van der Waals surface area contributed by atoms with Gasteiger partial charge in [0.15, 0.2) is 0 Å². The smallest absolute Gasteiger partial charge is 0.224 e. The Labute approximate surface area is 95.8 Å². The largest absolute Gasteiger partial charge is 0.378 e. The van der Waals surface area contributed by atoms with Crippen molar-refractivity contribution in [2.24, 2.45) is 0 Å². The minimum Gasteiger partial charge on any atom is -0.378 e. The summed E-state index contributed by atoms with van der Waals surface area (Å²) in [5.41, 5.74) is 0.861. The Morgan fingerprint density at radius 2 is 2.19 bits per heavy atom. The average Bonchev–Trinajstić information content (AvgIpc) is 2.81. The molecule has 1 amide bonds. The number of para-hydroxylation sites is 1. The van der Waals surface area contributed by atoms with Crippen molar-refractivity contribution in [2.75, 3.05) is 11.9 Å². The van der Waals surface area contributed by atoms with Crippen LogP contribution in [0.2, 0.25) is 0 Å². The van der Waals surface area contributed by atoms with E-state index < -0.39 is 0 Å². The highest BCUT2D eigenvalue weighted by atomic mass is 16.5. The first-order valence-electron chi connectivity index (χ1n) is 5.81. The Hall–Kier alpha value is -1.35. The van der Waals surface area contributed by atoms with Crippen molar-refractivity contribution in [3.8, 4) is 0 Å². The van der Waals surface area contributed by atoms with Crippen LogP contribution in [-0.4, -0.2) is 18.6 Å². The number of amides is 1. The van der Waals surface area contributed by atoms with Crippen molar-refractivity contribution in [1.29, 1.82) is 0 Å². The van der Waals surface area contributed by atoms with Crippen LogP contribution in [0.3, 0.4) is 0 Å². The zero-order chi connectivity index (χ0) is 11.2. The Morgan fingerprint density at radius 1 is 1.38 bits per heavy atom. The van der Waals surface area contributed by atoms with E-state index in [9.17, 15) is 4.79 Å². The fourth-order valence-electron chi connectivity index (χ4n) is 1.91. The lowest BCUT2D eigenvalue weighted by Gasteiger charge is -2.09. The average molecular weight is 219 g/mol. The molecule has 0 radical (unpaired) electrons. The molecule has 1 aliphatic rings. The Bertz CT molecular complexity index is 331. The summed E-state index contributed by atoms with van der Waals surface area (Å²) in [4.78, 5) is 11.6. The molecular weight excluding hydrogens is 202 g/mol. The lowest BCUT2D eigenvalue weighted by Crippen LogP contribution is -2.15. The summed E-state index contributed by atoms with van der Waals surface area (Å²) in [6.07, 6.45) is 3.89. The number of carbonyl (C=O) groups excluding carboxylic acids is 1. The predicted molar refractivity (Wildman–Crippen MR) is 63.3 cm³/mol. The number of ether oxygens (including phenoxy) is 1. The predicted octanol–water partition coefficient (Wildman–Crippen LogP) is 2.58. The van der Waals surface area contributed by atoms with Gasteiger partial charge in [-0.1, -0.05) is 18.2 Å². The minimum atomic E-state index is 0.0710. The molecule has 2 rings (SSSR count). The quantitative estimate of drug-likeness (QED) is 0.845. The van der Waals surface area contributed by atoms with Gasteiger partial charge < -0.3 is 10.1 Å². The van der Waals surface area contributed by atoms with Gasteiger partial charge in [0.2, 0.25) is 5.91 Å². The van der Waals surface area contributed by atoms with Crippen LogP contribution in [0.1, 0.15) is 25.7 Å². The minimum absolute atomic E-state index is 0.0710. The van der Waals surface area contributed by atoms with E-state index >= 15 is 0 Å². The highest BCUT2D eigenvalue weighted by molar-refractivity contribution is 5.90. The Kier molecular flexibility index (Phi) is 3.94. The molecule has 1 unspecified atom stereocenters. The third kappa shape index (κ3) is 3.35. The molecule has 0 aliphatic carbocycles. The van der Waals surface area contributed by atoms with E-state index in [1.807, 2.05) is 30.3 Å². The van der Waals surface area contributed by atoms with Crippen LogP contribution in [0.25, 0.3) is 0 Å². The molecule has 1 aromatic rings. The molecule has 3 heteroatoms. The van der Waals surface area contributed by atoms with Crippen LogP contribution in [-0.2, 0) is 9.53 Å². The van der Waals surface area contributed by atoms with Crippen molar-refractivity contribution in [1.82, 2.24) is 0 Å². The summed E-state index contributed by atoms with van der Waals surface area (Å²) in [7, 11) is 0. The maximum Gasteiger partial charge on any atom is 0.224 e. The molecule has 0 spiro atoms. The van der Waals surface area contributed by atoms with Gasteiger partial charge in [-0.05, 0) is 31.4 Å². The third-order valence-corrected chi connectivity index (χ3v) is 2.77. The molecule has 1 saturated heterocycles. The maximum absolute atomic E-state index is 11.6.